The van der Waals surface area contributed by atoms with Crippen LogP contribution in [0.4, 0.5) is 11.5 Å². The van der Waals surface area contributed by atoms with E-state index in [0.717, 1.165) is 12.0 Å². The summed E-state index contributed by atoms with van der Waals surface area (Å²) >= 11 is 0. The molecule has 0 saturated carbocycles. The Bertz CT molecular complexity index is 380. The van der Waals surface area contributed by atoms with Crippen LogP contribution in [0.15, 0.2) is 12.3 Å². The molecule has 5 nitrogen and oxygen atoms in total. The summed E-state index contributed by atoms with van der Waals surface area (Å²) < 4.78 is 5.24. The molecule has 0 aliphatic heterocycles. The number of hydrogen-bond acceptors (Lipinski definition) is 4. The molecule has 1 rings (SSSR count). The van der Waals surface area contributed by atoms with Gasteiger partial charge >= 0.3 is 0 Å². The van der Waals surface area contributed by atoms with Gasteiger partial charge in [-0.1, -0.05) is 6.92 Å². The average molecular weight is 237 g/mol. The number of pyridine rings is 1. The Labute approximate surface area is 101 Å². The smallest absolute Gasteiger partial charge is 0.227 e. The summed E-state index contributed by atoms with van der Waals surface area (Å²) in [5.74, 6) is 0.459. The van der Waals surface area contributed by atoms with Crippen LogP contribution in [-0.2, 0) is 9.53 Å². The van der Waals surface area contributed by atoms with Crippen molar-refractivity contribution in [2.24, 2.45) is 0 Å². The SMILES string of the molecule is CCCOCCC(=O)Nc1ncc(N)cc1C. The van der Waals surface area contributed by atoms with Crippen LogP contribution in [0.2, 0.25) is 0 Å². The van der Waals surface area contributed by atoms with Crippen molar-refractivity contribution in [3.05, 3.63) is 17.8 Å². The zero-order chi connectivity index (χ0) is 12.7. The molecule has 0 atom stereocenters. The molecule has 17 heavy (non-hydrogen) atoms. The highest BCUT2D eigenvalue weighted by molar-refractivity contribution is 5.90. The predicted molar refractivity (Wildman–Crippen MR) is 67.7 cm³/mol. The summed E-state index contributed by atoms with van der Waals surface area (Å²) in [5.41, 5.74) is 7.02. The fourth-order valence-electron chi connectivity index (χ4n) is 1.33. The van der Waals surface area contributed by atoms with Crippen LogP contribution in [0.3, 0.4) is 0 Å². The van der Waals surface area contributed by atoms with E-state index in [-0.39, 0.29) is 5.91 Å². The summed E-state index contributed by atoms with van der Waals surface area (Å²) in [6.07, 6.45) is 2.82. The van der Waals surface area contributed by atoms with Crippen LogP contribution >= 0.6 is 0 Å². The molecular weight excluding hydrogens is 218 g/mol. The summed E-state index contributed by atoms with van der Waals surface area (Å²) in [7, 11) is 0. The normalized spacial score (nSPS) is 10.2. The summed E-state index contributed by atoms with van der Waals surface area (Å²) in [6, 6.07) is 1.77. The number of ether oxygens (including phenoxy) is 1. The Morgan fingerprint density at radius 2 is 2.29 bits per heavy atom. The van der Waals surface area contributed by atoms with Gasteiger partial charge in [-0.25, -0.2) is 4.98 Å². The lowest BCUT2D eigenvalue weighted by molar-refractivity contribution is -0.117. The van der Waals surface area contributed by atoms with E-state index >= 15 is 0 Å². The third-order valence-corrected chi connectivity index (χ3v) is 2.18. The maximum absolute atomic E-state index is 11.6. The second kappa shape index (κ2) is 6.85. The van der Waals surface area contributed by atoms with Crippen molar-refractivity contribution in [1.82, 2.24) is 4.98 Å². The highest BCUT2D eigenvalue weighted by Crippen LogP contribution is 2.13. The maximum atomic E-state index is 11.6. The van der Waals surface area contributed by atoms with Crippen LogP contribution < -0.4 is 11.1 Å². The van der Waals surface area contributed by atoms with Crippen LogP contribution in [0.25, 0.3) is 0 Å². The minimum atomic E-state index is -0.0959. The van der Waals surface area contributed by atoms with Crippen LogP contribution in [0.5, 0.6) is 0 Å². The number of nitrogens with zero attached hydrogens (tertiary/aromatic N) is 1. The van der Waals surface area contributed by atoms with Gasteiger partial charge in [0.15, 0.2) is 0 Å². The standard InChI is InChI=1S/C12H19N3O2/c1-3-5-17-6-4-11(16)15-12-9(2)7-10(13)8-14-12/h7-8H,3-6,13H2,1-2H3,(H,14,15,16). The zero-order valence-corrected chi connectivity index (χ0v) is 10.3. The highest BCUT2D eigenvalue weighted by atomic mass is 16.5. The fourth-order valence-corrected chi connectivity index (χ4v) is 1.33. The molecule has 94 valence electrons. The van der Waals surface area contributed by atoms with Gasteiger partial charge in [-0.2, -0.15) is 0 Å². The van der Waals surface area contributed by atoms with E-state index in [0.29, 0.717) is 31.1 Å². The number of aryl methyl sites for hydroxylation is 1. The predicted octanol–water partition coefficient (Wildman–Crippen LogP) is 1.73. The lowest BCUT2D eigenvalue weighted by Crippen LogP contribution is -2.16. The number of anilines is 2. The number of nitrogens with two attached hydrogens (primary N) is 1. The van der Waals surface area contributed by atoms with Crippen molar-refractivity contribution < 1.29 is 9.53 Å². The first kappa shape index (κ1) is 13.4. The van der Waals surface area contributed by atoms with Gasteiger partial charge in [0.2, 0.25) is 5.91 Å². The zero-order valence-electron chi connectivity index (χ0n) is 10.3. The Balaban J connectivity index is 2.40. The summed E-state index contributed by atoms with van der Waals surface area (Å²) in [5, 5.41) is 2.73. The second-order valence-electron chi connectivity index (χ2n) is 3.84. The van der Waals surface area contributed by atoms with Crippen molar-refractivity contribution in [2.75, 3.05) is 24.3 Å². The number of rotatable bonds is 6. The lowest BCUT2D eigenvalue weighted by Gasteiger charge is -2.08. The van der Waals surface area contributed by atoms with Crippen LogP contribution in [-0.4, -0.2) is 24.1 Å². The number of amides is 1. The van der Waals surface area contributed by atoms with Gasteiger partial charge in [0.1, 0.15) is 5.82 Å². The molecule has 0 aliphatic carbocycles. The minimum absolute atomic E-state index is 0.0959. The Hall–Kier alpha value is -1.62. The summed E-state index contributed by atoms with van der Waals surface area (Å²) in [6.45, 7) is 5.01. The van der Waals surface area contributed by atoms with Gasteiger partial charge in [0.25, 0.3) is 0 Å². The number of carbonyl (C=O) groups excluding carboxylic acids is 1. The van der Waals surface area contributed by atoms with Crippen molar-refractivity contribution in [1.29, 1.82) is 0 Å². The number of carbonyl (C=O) groups is 1. The van der Waals surface area contributed by atoms with Gasteiger partial charge in [-0.15, -0.1) is 0 Å². The summed E-state index contributed by atoms with van der Waals surface area (Å²) in [4.78, 5) is 15.6. The molecule has 0 aliphatic rings. The highest BCUT2D eigenvalue weighted by Gasteiger charge is 2.05. The van der Waals surface area contributed by atoms with Gasteiger partial charge in [0, 0.05) is 6.61 Å². The molecule has 5 heteroatoms. The first-order valence-electron chi connectivity index (χ1n) is 5.73. The van der Waals surface area contributed by atoms with E-state index in [4.69, 9.17) is 10.5 Å². The average Bonchev–Trinajstić information content (AvgIpc) is 2.28. The quantitative estimate of drug-likeness (QED) is 0.739. The van der Waals surface area contributed by atoms with Crippen molar-refractivity contribution in [2.45, 2.75) is 26.7 Å². The van der Waals surface area contributed by atoms with Gasteiger partial charge in [0.05, 0.1) is 24.9 Å². The molecular formula is C12H19N3O2. The first-order chi connectivity index (χ1) is 8.13. The Kier molecular flexibility index (Phi) is 5.42. The van der Waals surface area contributed by atoms with E-state index < -0.39 is 0 Å². The maximum Gasteiger partial charge on any atom is 0.227 e. The van der Waals surface area contributed by atoms with Crippen molar-refractivity contribution in [3.8, 4) is 0 Å². The number of nitrogens with one attached hydrogen (secondary N) is 1. The molecule has 0 bridgehead atoms. The molecule has 0 radical (unpaired) electrons. The van der Waals surface area contributed by atoms with Crippen molar-refractivity contribution >= 4 is 17.4 Å². The third-order valence-electron chi connectivity index (χ3n) is 2.18. The third kappa shape index (κ3) is 4.82. The minimum Gasteiger partial charge on any atom is -0.397 e. The number of nitrogen functional groups attached to an aromatic ring is 1. The second-order valence-corrected chi connectivity index (χ2v) is 3.84. The first-order valence-corrected chi connectivity index (χ1v) is 5.73. The fraction of sp³-hybridized carbons (Fsp3) is 0.500. The molecule has 1 heterocycles. The molecule has 0 unspecified atom stereocenters. The number of aromatic nitrogens is 1. The van der Waals surface area contributed by atoms with E-state index in [1.807, 2.05) is 13.8 Å². The molecule has 0 saturated heterocycles. The molecule has 0 spiro atoms. The van der Waals surface area contributed by atoms with E-state index in [1.165, 1.54) is 6.20 Å². The van der Waals surface area contributed by atoms with Gasteiger partial charge in [-0.05, 0) is 25.0 Å². The monoisotopic (exact) mass is 237 g/mol. The largest absolute Gasteiger partial charge is 0.397 e. The molecule has 0 aromatic carbocycles. The van der Waals surface area contributed by atoms with E-state index in [2.05, 4.69) is 10.3 Å². The van der Waals surface area contributed by atoms with Gasteiger partial charge < -0.3 is 15.8 Å². The molecule has 1 aromatic heterocycles. The molecule has 1 aromatic rings. The van der Waals surface area contributed by atoms with Gasteiger partial charge in [-0.3, -0.25) is 4.79 Å². The Morgan fingerprint density at radius 1 is 1.53 bits per heavy atom. The van der Waals surface area contributed by atoms with E-state index in [9.17, 15) is 4.79 Å². The topological polar surface area (TPSA) is 77.2 Å². The lowest BCUT2D eigenvalue weighted by atomic mass is 10.2. The molecule has 3 N–H and O–H groups in total. The Morgan fingerprint density at radius 3 is 2.94 bits per heavy atom. The number of hydrogen-bond donors (Lipinski definition) is 2. The van der Waals surface area contributed by atoms with Crippen molar-refractivity contribution in [3.63, 3.8) is 0 Å². The van der Waals surface area contributed by atoms with Crippen LogP contribution in [0.1, 0.15) is 25.3 Å². The van der Waals surface area contributed by atoms with E-state index in [1.54, 1.807) is 6.07 Å². The molecule has 0 fully saturated rings. The van der Waals surface area contributed by atoms with Crippen LogP contribution in [0, 0.1) is 6.92 Å². The molecule has 1 amide bonds.